The second-order valence-corrected chi connectivity index (χ2v) is 6.27. The Labute approximate surface area is 156 Å². The minimum absolute atomic E-state index is 0.0115. The van der Waals surface area contributed by atoms with Crippen LogP contribution in [0.15, 0.2) is 66.8 Å². The number of phenols is 1. The van der Waals surface area contributed by atoms with E-state index < -0.39 is 11.9 Å². The first-order valence-corrected chi connectivity index (χ1v) is 8.22. The average Bonchev–Trinajstić information content (AvgIpc) is 2.63. The van der Waals surface area contributed by atoms with Gasteiger partial charge >= 0.3 is 11.9 Å². The Balaban J connectivity index is 2.39. The molecule has 0 aliphatic rings. The predicted octanol–water partition coefficient (Wildman–Crippen LogP) is 4.66. The molecule has 0 bridgehead atoms. The zero-order valence-electron chi connectivity index (χ0n) is 15.0. The summed E-state index contributed by atoms with van der Waals surface area (Å²) in [6.07, 6.45) is 0. The fourth-order valence-corrected chi connectivity index (χ4v) is 2.67. The number of aromatic hydroxyl groups is 1. The van der Waals surface area contributed by atoms with E-state index in [1.807, 2.05) is 0 Å². The molecule has 0 unspecified atom stereocenters. The predicted molar refractivity (Wildman–Crippen MR) is 104 cm³/mol. The lowest BCUT2D eigenvalue weighted by Crippen LogP contribution is -2.11. The molecule has 0 fully saturated rings. The van der Waals surface area contributed by atoms with E-state index in [0.29, 0.717) is 27.3 Å². The van der Waals surface area contributed by atoms with Crippen LogP contribution in [0.3, 0.4) is 0 Å². The zero-order valence-corrected chi connectivity index (χ0v) is 15.0. The van der Waals surface area contributed by atoms with Gasteiger partial charge in [0.2, 0.25) is 0 Å². The second-order valence-electron chi connectivity index (χ2n) is 6.27. The molecular formula is C22H18O5. The minimum atomic E-state index is -0.587. The normalized spacial score (nSPS) is 10.6. The van der Waals surface area contributed by atoms with Crippen LogP contribution in [0.5, 0.6) is 17.2 Å². The number of benzene rings is 3. The van der Waals surface area contributed by atoms with Gasteiger partial charge in [-0.1, -0.05) is 37.4 Å². The van der Waals surface area contributed by atoms with E-state index in [-0.39, 0.29) is 22.6 Å². The lowest BCUT2D eigenvalue weighted by molar-refractivity contribution is -0.130. The molecular weight excluding hydrogens is 344 g/mol. The summed E-state index contributed by atoms with van der Waals surface area (Å²) in [5, 5.41) is 12.1. The molecule has 0 aromatic heterocycles. The van der Waals surface area contributed by atoms with Gasteiger partial charge in [0, 0.05) is 32.7 Å². The Hall–Kier alpha value is -3.60. The number of hydrogen-bond acceptors (Lipinski definition) is 5. The summed E-state index contributed by atoms with van der Waals surface area (Å²) in [6, 6.07) is 11.6. The largest absolute Gasteiger partial charge is 0.508 e. The van der Waals surface area contributed by atoms with Crippen molar-refractivity contribution in [3.8, 4) is 17.2 Å². The molecule has 3 aromatic carbocycles. The Bertz CT molecular complexity index is 1120. The number of carbonyl (C=O) groups is 2. The summed E-state index contributed by atoms with van der Waals surface area (Å²) < 4.78 is 11.1. The van der Waals surface area contributed by atoms with Crippen LogP contribution in [0.1, 0.15) is 13.8 Å². The van der Waals surface area contributed by atoms with Crippen LogP contribution in [0, 0.1) is 0 Å². The lowest BCUT2D eigenvalue weighted by atomic mass is 10.00. The molecule has 5 heteroatoms. The number of hydrogen-bond donors (Lipinski definition) is 1. The van der Waals surface area contributed by atoms with Crippen molar-refractivity contribution >= 4 is 33.5 Å². The molecule has 27 heavy (non-hydrogen) atoms. The van der Waals surface area contributed by atoms with Gasteiger partial charge in [0.25, 0.3) is 0 Å². The van der Waals surface area contributed by atoms with E-state index >= 15 is 0 Å². The fraction of sp³-hybridized carbons (Fsp3) is 0.0909. The molecule has 3 rings (SSSR count). The van der Waals surface area contributed by atoms with Crippen molar-refractivity contribution in [1.29, 1.82) is 0 Å². The lowest BCUT2D eigenvalue weighted by Gasteiger charge is -2.16. The maximum absolute atomic E-state index is 12.2. The van der Waals surface area contributed by atoms with Crippen LogP contribution >= 0.6 is 0 Å². The third kappa shape index (κ3) is 3.40. The van der Waals surface area contributed by atoms with E-state index in [4.69, 9.17) is 9.47 Å². The molecule has 0 aliphatic carbocycles. The van der Waals surface area contributed by atoms with Crippen LogP contribution in [0.4, 0.5) is 0 Å². The number of rotatable bonds is 4. The Morgan fingerprint density at radius 1 is 0.778 bits per heavy atom. The average molecular weight is 362 g/mol. The summed E-state index contributed by atoms with van der Waals surface area (Å²) in [7, 11) is 0. The van der Waals surface area contributed by atoms with E-state index in [2.05, 4.69) is 13.2 Å². The minimum Gasteiger partial charge on any atom is -0.508 e. The standard InChI is InChI=1S/C22H18O5/c1-12(2)21(24)26-19-15-7-5-6-8-16(15)20(27-22(25)13(3)4)18-11-14(23)9-10-17(18)19/h5-11,23H,1,3H2,2,4H3. The molecule has 1 N–H and O–H groups in total. The van der Waals surface area contributed by atoms with Gasteiger partial charge < -0.3 is 14.6 Å². The molecule has 3 aromatic rings. The number of fused-ring (bicyclic) bond motifs is 2. The van der Waals surface area contributed by atoms with Crippen molar-refractivity contribution in [1.82, 2.24) is 0 Å². The topological polar surface area (TPSA) is 72.8 Å². The van der Waals surface area contributed by atoms with Crippen molar-refractivity contribution in [2.75, 3.05) is 0 Å². The third-order valence-electron chi connectivity index (χ3n) is 4.00. The number of carbonyl (C=O) groups excluding carboxylic acids is 2. The number of esters is 2. The van der Waals surface area contributed by atoms with Crippen molar-refractivity contribution in [2.24, 2.45) is 0 Å². The van der Waals surface area contributed by atoms with E-state index in [9.17, 15) is 14.7 Å². The maximum atomic E-state index is 12.2. The van der Waals surface area contributed by atoms with Crippen LogP contribution < -0.4 is 9.47 Å². The summed E-state index contributed by atoms with van der Waals surface area (Å²) in [5.41, 5.74) is 0.494. The summed E-state index contributed by atoms with van der Waals surface area (Å²) in [4.78, 5) is 24.3. The van der Waals surface area contributed by atoms with Gasteiger partial charge in [-0.3, -0.25) is 0 Å². The summed E-state index contributed by atoms with van der Waals surface area (Å²) in [6.45, 7) is 10.3. The van der Waals surface area contributed by atoms with Gasteiger partial charge in [-0.15, -0.1) is 0 Å². The zero-order chi connectivity index (χ0) is 19.7. The molecule has 0 saturated heterocycles. The quantitative estimate of drug-likeness (QED) is 0.316. The molecule has 0 aliphatic heterocycles. The molecule has 0 heterocycles. The summed E-state index contributed by atoms with van der Waals surface area (Å²) >= 11 is 0. The molecule has 0 amide bonds. The Kier molecular flexibility index (Phi) is 4.69. The molecule has 136 valence electrons. The highest BCUT2D eigenvalue weighted by atomic mass is 16.5. The van der Waals surface area contributed by atoms with Crippen molar-refractivity contribution in [2.45, 2.75) is 13.8 Å². The fourth-order valence-electron chi connectivity index (χ4n) is 2.67. The van der Waals surface area contributed by atoms with E-state index in [1.165, 1.54) is 12.1 Å². The smallest absolute Gasteiger partial charge is 0.338 e. The van der Waals surface area contributed by atoms with Gasteiger partial charge in [0.1, 0.15) is 17.2 Å². The van der Waals surface area contributed by atoms with Gasteiger partial charge in [0.15, 0.2) is 0 Å². The van der Waals surface area contributed by atoms with Crippen molar-refractivity contribution < 1.29 is 24.2 Å². The van der Waals surface area contributed by atoms with Gasteiger partial charge in [-0.25, -0.2) is 9.59 Å². The molecule has 0 saturated carbocycles. The SMILES string of the molecule is C=C(C)C(=O)Oc1c2ccccc2c(OC(=O)C(=C)C)c2cc(O)ccc12. The summed E-state index contributed by atoms with van der Waals surface area (Å²) in [5.74, 6) is -0.594. The van der Waals surface area contributed by atoms with E-state index in [1.54, 1.807) is 44.2 Å². The first-order valence-electron chi connectivity index (χ1n) is 8.22. The third-order valence-corrected chi connectivity index (χ3v) is 4.00. The van der Waals surface area contributed by atoms with Gasteiger partial charge in [-0.05, 0) is 32.0 Å². The van der Waals surface area contributed by atoms with E-state index in [0.717, 1.165) is 0 Å². The monoisotopic (exact) mass is 362 g/mol. The van der Waals surface area contributed by atoms with Gasteiger partial charge in [0.05, 0.1) is 0 Å². The first-order chi connectivity index (χ1) is 12.8. The van der Waals surface area contributed by atoms with Gasteiger partial charge in [-0.2, -0.15) is 0 Å². The van der Waals surface area contributed by atoms with Crippen LogP contribution in [-0.2, 0) is 9.59 Å². The highest BCUT2D eigenvalue weighted by Crippen LogP contribution is 2.44. The first kappa shape index (κ1) is 18.2. The second kappa shape index (κ2) is 6.96. The maximum Gasteiger partial charge on any atom is 0.338 e. The van der Waals surface area contributed by atoms with Crippen molar-refractivity contribution in [3.05, 3.63) is 66.8 Å². The highest BCUT2D eigenvalue weighted by Gasteiger charge is 2.20. The number of ether oxygens (including phenoxy) is 2. The molecule has 5 nitrogen and oxygen atoms in total. The number of phenolic OH excluding ortho intramolecular Hbond substituents is 1. The van der Waals surface area contributed by atoms with Crippen molar-refractivity contribution in [3.63, 3.8) is 0 Å². The molecule has 0 spiro atoms. The van der Waals surface area contributed by atoms with Crippen LogP contribution in [-0.4, -0.2) is 17.0 Å². The molecule has 0 radical (unpaired) electrons. The molecule has 0 atom stereocenters. The highest BCUT2D eigenvalue weighted by molar-refractivity contribution is 6.13. The van der Waals surface area contributed by atoms with Crippen LogP contribution in [0.2, 0.25) is 0 Å². The Morgan fingerprint density at radius 3 is 1.70 bits per heavy atom. The Morgan fingerprint density at radius 2 is 1.22 bits per heavy atom. The van der Waals surface area contributed by atoms with Crippen LogP contribution in [0.25, 0.3) is 21.5 Å².